The lowest BCUT2D eigenvalue weighted by atomic mass is 10.0. The Morgan fingerprint density at radius 1 is 0.352 bits per heavy atom. The minimum atomic E-state index is 0.652. The highest BCUT2D eigenvalue weighted by molar-refractivity contribution is 7.26. The molecule has 0 fully saturated rings. The summed E-state index contributed by atoms with van der Waals surface area (Å²) in [5.41, 5.74) is 8.56. The molecule has 0 aliphatic rings. The summed E-state index contributed by atoms with van der Waals surface area (Å²) in [6.07, 6.45) is 0. The Kier molecular flexibility index (Phi) is 7.97. The van der Waals surface area contributed by atoms with Gasteiger partial charge in [-0.05, 0) is 70.4 Å². The predicted octanol–water partition coefficient (Wildman–Crippen LogP) is 13.5. The van der Waals surface area contributed by atoms with Gasteiger partial charge in [0.25, 0.3) is 0 Å². The quantitative estimate of drug-likeness (QED) is 0.165. The first-order chi connectivity index (χ1) is 26.7. The first-order valence-corrected chi connectivity index (χ1v) is 18.8. The molecule has 0 spiro atoms. The van der Waals surface area contributed by atoms with E-state index in [1.54, 1.807) is 11.3 Å². The van der Waals surface area contributed by atoms with Crippen molar-refractivity contribution in [3.8, 4) is 45.3 Å². The molecule has 0 unspecified atom stereocenters. The molecule has 0 saturated carbocycles. The molecule has 0 aliphatic heterocycles. The zero-order valence-electron chi connectivity index (χ0n) is 29.2. The van der Waals surface area contributed by atoms with E-state index in [0.29, 0.717) is 17.5 Å². The zero-order chi connectivity index (χ0) is 35.8. The number of aromatic nitrogens is 3. The van der Waals surface area contributed by atoms with E-state index in [4.69, 9.17) is 15.0 Å². The fourth-order valence-corrected chi connectivity index (χ4v) is 8.45. The maximum atomic E-state index is 5.18. The Bertz CT molecular complexity index is 2940. The smallest absolute Gasteiger partial charge is 0.164 e. The summed E-state index contributed by atoms with van der Waals surface area (Å²) in [4.78, 5) is 17.7. The van der Waals surface area contributed by atoms with Crippen LogP contribution in [0.1, 0.15) is 0 Å². The van der Waals surface area contributed by atoms with E-state index in [1.165, 1.54) is 31.3 Å². The zero-order valence-corrected chi connectivity index (χ0v) is 30.0. The lowest BCUT2D eigenvalue weighted by Crippen LogP contribution is -2.09. The van der Waals surface area contributed by atoms with Crippen LogP contribution in [0.5, 0.6) is 0 Å². The van der Waals surface area contributed by atoms with E-state index in [-0.39, 0.29) is 0 Å². The number of thiophene rings is 1. The van der Waals surface area contributed by atoms with Crippen LogP contribution in [0.4, 0.5) is 17.1 Å². The molecular formula is C49H32N4S. The van der Waals surface area contributed by atoms with Gasteiger partial charge in [0.2, 0.25) is 0 Å². The number of hydrogen-bond acceptors (Lipinski definition) is 5. The summed E-state index contributed by atoms with van der Waals surface area (Å²) < 4.78 is 2.38. The molecule has 4 nitrogen and oxygen atoms in total. The number of para-hydroxylation sites is 1. The third-order valence-corrected chi connectivity index (χ3v) is 11.0. The molecule has 0 bridgehead atoms. The summed E-state index contributed by atoms with van der Waals surface area (Å²) in [5, 5.41) is 4.66. The molecule has 0 N–H and O–H groups in total. The van der Waals surface area contributed by atoms with Crippen molar-refractivity contribution in [3.63, 3.8) is 0 Å². The molecule has 0 atom stereocenters. The molecule has 10 rings (SSSR count). The number of nitrogens with zero attached hydrogens (tertiary/aromatic N) is 4. The molecule has 0 aliphatic carbocycles. The fourth-order valence-electron chi connectivity index (χ4n) is 7.29. The van der Waals surface area contributed by atoms with Crippen molar-refractivity contribution in [2.75, 3.05) is 4.90 Å². The van der Waals surface area contributed by atoms with E-state index in [0.717, 1.165) is 44.5 Å². The van der Waals surface area contributed by atoms with E-state index >= 15 is 0 Å². The Labute approximate surface area is 317 Å². The third-order valence-electron chi connectivity index (χ3n) is 9.88. The van der Waals surface area contributed by atoms with Crippen LogP contribution in [0.3, 0.4) is 0 Å². The molecule has 8 aromatic carbocycles. The highest BCUT2D eigenvalue weighted by Gasteiger charge is 2.19. The Balaban J connectivity index is 1.13. The highest BCUT2D eigenvalue weighted by atomic mass is 32.1. The van der Waals surface area contributed by atoms with Crippen LogP contribution in [0, 0.1) is 0 Å². The molecule has 0 saturated heterocycles. The molecule has 2 aromatic heterocycles. The van der Waals surface area contributed by atoms with Gasteiger partial charge in [-0.2, -0.15) is 0 Å². The molecule has 2 heterocycles. The maximum absolute atomic E-state index is 5.18. The second-order valence-corrected chi connectivity index (χ2v) is 14.4. The SMILES string of the molecule is c1ccc(-c2cccc(N(c3ccccc3)c3ccc4c(c3)sc3cccc(-c5nc(-c6ccccc6)nc(-c6ccc7ccccc7c6)n5)c34)c2)cc1. The number of hydrogen-bond donors (Lipinski definition) is 0. The van der Waals surface area contributed by atoms with Crippen molar-refractivity contribution < 1.29 is 0 Å². The minimum absolute atomic E-state index is 0.652. The first kappa shape index (κ1) is 31.8. The molecule has 0 radical (unpaired) electrons. The monoisotopic (exact) mass is 708 g/mol. The van der Waals surface area contributed by atoms with E-state index in [1.807, 2.05) is 18.2 Å². The van der Waals surface area contributed by atoms with Crippen molar-refractivity contribution in [1.29, 1.82) is 0 Å². The minimum Gasteiger partial charge on any atom is -0.310 e. The molecule has 10 aromatic rings. The van der Waals surface area contributed by atoms with Crippen molar-refractivity contribution in [2.24, 2.45) is 0 Å². The first-order valence-electron chi connectivity index (χ1n) is 18.0. The Hall–Kier alpha value is -6.95. The van der Waals surface area contributed by atoms with Gasteiger partial charge in [-0.1, -0.05) is 146 Å². The predicted molar refractivity (Wildman–Crippen MR) is 227 cm³/mol. The van der Waals surface area contributed by atoms with E-state index < -0.39 is 0 Å². The average Bonchev–Trinajstić information content (AvgIpc) is 3.63. The van der Waals surface area contributed by atoms with Crippen LogP contribution in [-0.2, 0) is 0 Å². The van der Waals surface area contributed by atoms with Crippen molar-refractivity contribution in [3.05, 3.63) is 194 Å². The summed E-state index contributed by atoms with van der Waals surface area (Å²) in [7, 11) is 0. The lowest BCUT2D eigenvalue weighted by Gasteiger charge is -2.26. The lowest BCUT2D eigenvalue weighted by molar-refractivity contribution is 1.08. The van der Waals surface area contributed by atoms with Crippen molar-refractivity contribution in [2.45, 2.75) is 0 Å². The van der Waals surface area contributed by atoms with Gasteiger partial charge in [0.15, 0.2) is 17.5 Å². The van der Waals surface area contributed by atoms with Gasteiger partial charge >= 0.3 is 0 Å². The van der Waals surface area contributed by atoms with Gasteiger partial charge in [-0.25, -0.2) is 15.0 Å². The van der Waals surface area contributed by atoms with Crippen LogP contribution < -0.4 is 4.90 Å². The standard InChI is InChI=1S/C49H32N4S/c1-4-14-33(15-5-1)37-20-12-23-40(31-37)53(39-21-8-3-9-22-39)41-28-29-42-45(32-41)54-44-25-13-24-43(46(42)44)49-51-47(35-17-6-2-7-18-35)50-48(52-49)38-27-26-34-16-10-11-19-36(34)30-38/h1-32H. The Morgan fingerprint density at radius 2 is 0.963 bits per heavy atom. The van der Waals surface area contributed by atoms with Gasteiger partial charge < -0.3 is 4.90 Å². The van der Waals surface area contributed by atoms with Crippen molar-refractivity contribution in [1.82, 2.24) is 15.0 Å². The van der Waals surface area contributed by atoms with Crippen molar-refractivity contribution >= 4 is 59.3 Å². The third kappa shape index (κ3) is 5.87. The van der Waals surface area contributed by atoms with E-state index in [2.05, 4.69) is 181 Å². The molecule has 254 valence electrons. The maximum Gasteiger partial charge on any atom is 0.164 e. The number of anilines is 3. The van der Waals surface area contributed by atoms with Crippen LogP contribution in [-0.4, -0.2) is 15.0 Å². The topological polar surface area (TPSA) is 41.9 Å². The molecule has 0 amide bonds. The summed E-state index contributed by atoms with van der Waals surface area (Å²) >= 11 is 1.80. The van der Waals surface area contributed by atoms with E-state index in [9.17, 15) is 0 Å². The Morgan fingerprint density at radius 3 is 1.76 bits per heavy atom. The summed E-state index contributed by atoms with van der Waals surface area (Å²) in [6.45, 7) is 0. The van der Waals surface area contributed by atoms with Crippen LogP contribution in [0.25, 0.3) is 76.2 Å². The van der Waals surface area contributed by atoms with Crippen LogP contribution in [0.2, 0.25) is 0 Å². The summed E-state index contributed by atoms with van der Waals surface area (Å²) in [6, 6.07) is 68.1. The second kappa shape index (κ2) is 13.6. The van der Waals surface area contributed by atoms with Gasteiger partial charge in [0, 0.05) is 53.9 Å². The van der Waals surface area contributed by atoms with Crippen LogP contribution >= 0.6 is 11.3 Å². The van der Waals surface area contributed by atoms with Gasteiger partial charge in [0.05, 0.1) is 0 Å². The van der Waals surface area contributed by atoms with Gasteiger partial charge in [0.1, 0.15) is 0 Å². The number of benzene rings is 8. The normalized spacial score (nSPS) is 11.3. The van der Waals surface area contributed by atoms with Gasteiger partial charge in [-0.15, -0.1) is 11.3 Å². The highest BCUT2D eigenvalue weighted by Crippen LogP contribution is 2.44. The average molecular weight is 709 g/mol. The fraction of sp³-hybridized carbons (Fsp3) is 0. The number of fused-ring (bicyclic) bond motifs is 4. The molecule has 5 heteroatoms. The summed E-state index contributed by atoms with van der Waals surface area (Å²) in [5.74, 6) is 1.96. The van der Waals surface area contributed by atoms with Gasteiger partial charge in [-0.3, -0.25) is 0 Å². The molecule has 54 heavy (non-hydrogen) atoms. The molecular weight excluding hydrogens is 677 g/mol. The largest absolute Gasteiger partial charge is 0.310 e. The van der Waals surface area contributed by atoms with Crippen LogP contribution in [0.15, 0.2) is 194 Å². The number of rotatable bonds is 7. The second-order valence-electron chi connectivity index (χ2n) is 13.3.